The highest BCUT2D eigenvalue weighted by atomic mass is 16.5. The lowest BCUT2D eigenvalue weighted by Crippen LogP contribution is -2.44. The van der Waals surface area contributed by atoms with Gasteiger partial charge in [0.05, 0.1) is 18.0 Å². The number of carbonyl (C=O) groups excluding carboxylic acids is 2. The van der Waals surface area contributed by atoms with Gasteiger partial charge in [0.25, 0.3) is 0 Å². The van der Waals surface area contributed by atoms with Crippen molar-refractivity contribution in [3.63, 3.8) is 0 Å². The lowest BCUT2D eigenvalue weighted by atomic mass is 9.84. The third kappa shape index (κ3) is 2.64. The molecule has 1 aromatic carbocycles. The van der Waals surface area contributed by atoms with Crippen molar-refractivity contribution in [1.82, 2.24) is 10.3 Å². The topological polar surface area (TPSA) is 68.3 Å². The average molecular weight is 376 g/mol. The second kappa shape index (κ2) is 6.16. The minimum atomic E-state index is -0.508. The quantitative estimate of drug-likeness (QED) is 0.888. The molecule has 1 N–H and O–H groups in total. The minimum Gasteiger partial charge on any atom is -0.486 e. The molecule has 5 unspecified atom stereocenters. The predicted molar refractivity (Wildman–Crippen MR) is 104 cm³/mol. The van der Waals surface area contributed by atoms with E-state index in [2.05, 4.69) is 10.3 Å². The number of Topliss-reactive ketones (excluding diaryl/α,β-unsaturated/α-hetero) is 1. The van der Waals surface area contributed by atoms with Gasteiger partial charge in [-0.1, -0.05) is 11.6 Å². The number of aromatic nitrogens is 1. The molecule has 5 nitrogen and oxygen atoms in total. The molecular weight excluding hydrogens is 352 g/mol. The molecule has 1 aromatic heterocycles. The third-order valence-electron chi connectivity index (χ3n) is 6.75. The Balaban J connectivity index is 1.33. The van der Waals surface area contributed by atoms with Gasteiger partial charge < -0.3 is 10.1 Å². The fourth-order valence-corrected chi connectivity index (χ4v) is 5.33. The molecule has 1 aliphatic heterocycles. The summed E-state index contributed by atoms with van der Waals surface area (Å²) < 4.78 is 6.42. The van der Waals surface area contributed by atoms with Crippen molar-refractivity contribution >= 4 is 11.7 Å². The van der Waals surface area contributed by atoms with Gasteiger partial charge in [-0.3, -0.25) is 14.6 Å². The fourth-order valence-electron chi connectivity index (χ4n) is 5.33. The molecule has 2 saturated carbocycles. The first-order chi connectivity index (χ1) is 13.5. The van der Waals surface area contributed by atoms with E-state index >= 15 is 0 Å². The monoisotopic (exact) mass is 376 g/mol. The molecule has 2 aromatic rings. The number of rotatable bonds is 3. The van der Waals surface area contributed by atoms with E-state index in [4.69, 9.17) is 4.74 Å². The van der Waals surface area contributed by atoms with Crippen LogP contribution in [0.5, 0.6) is 5.75 Å². The van der Waals surface area contributed by atoms with Crippen molar-refractivity contribution in [3.05, 3.63) is 59.4 Å². The molecule has 1 amide bonds. The molecule has 2 fully saturated rings. The van der Waals surface area contributed by atoms with Gasteiger partial charge in [-0.25, -0.2) is 0 Å². The number of nitrogens with one attached hydrogen (secondary N) is 1. The SMILES string of the molecule is Cc1ccc2c(c1)C(=O)CC1(CCC3C(C(=O)NC(C)c4ccncc4)C31)O2. The highest BCUT2D eigenvalue weighted by Crippen LogP contribution is 2.65. The first-order valence-electron chi connectivity index (χ1n) is 10.0. The Morgan fingerprint density at radius 2 is 2.07 bits per heavy atom. The van der Waals surface area contributed by atoms with Crippen LogP contribution in [0, 0.1) is 24.7 Å². The Morgan fingerprint density at radius 3 is 2.86 bits per heavy atom. The van der Waals surface area contributed by atoms with Crippen LogP contribution in [0.4, 0.5) is 0 Å². The maximum Gasteiger partial charge on any atom is 0.224 e. The first-order valence-corrected chi connectivity index (χ1v) is 10.0. The molecule has 144 valence electrons. The Morgan fingerprint density at radius 1 is 1.29 bits per heavy atom. The molecule has 0 radical (unpaired) electrons. The van der Waals surface area contributed by atoms with Crippen molar-refractivity contribution in [2.75, 3.05) is 0 Å². The predicted octanol–water partition coefficient (Wildman–Crippen LogP) is 3.63. The Kier molecular flexibility index (Phi) is 3.83. The zero-order chi connectivity index (χ0) is 19.5. The van der Waals surface area contributed by atoms with E-state index in [0.29, 0.717) is 23.7 Å². The first kappa shape index (κ1) is 17.4. The van der Waals surface area contributed by atoms with Gasteiger partial charge in [0.2, 0.25) is 5.91 Å². The largest absolute Gasteiger partial charge is 0.486 e. The third-order valence-corrected chi connectivity index (χ3v) is 6.75. The summed E-state index contributed by atoms with van der Waals surface area (Å²) in [5.41, 5.74) is 2.27. The lowest BCUT2D eigenvalue weighted by molar-refractivity contribution is -0.124. The van der Waals surface area contributed by atoms with E-state index in [-0.39, 0.29) is 29.6 Å². The van der Waals surface area contributed by atoms with Crippen LogP contribution in [0.1, 0.15) is 53.7 Å². The standard InChI is InChI=1S/C23H24N2O3/c1-13-3-4-19-17(11-13)18(26)12-23(28-19)8-5-16-20(21(16)23)22(27)25-14(2)15-6-9-24-10-7-15/h3-4,6-7,9-11,14,16,20-21H,5,8,12H2,1-2H3,(H,25,27). The van der Waals surface area contributed by atoms with E-state index in [1.54, 1.807) is 12.4 Å². The van der Waals surface area contributed by atoms with Crippen molar-refractivity contribution in [2.45, 2.75) is 44.8 Å². The molecule has 2 heterocycles. The minimum absolute atomic E-state index is 0.0576. The van der Waals surface area contributed by atoms with E-state index < -0.39 is 5.60 Å². The second-order valence-electron chi connectivity index (χ2n) is 8.53. The van der Waals surface area contributed by atoms with Crippen LogP contribution in [0.2, 0.25) is 0 Å². The zero-order valence-electron chi connectivity index (χ0n) is 16.1. The Bertz CT molecular complexity index is 958. The summed E-state index contributed by atoms with van der Waals surface area (Å²) in [6.45, 7) is 3.97. The molecule has 5 atom stereocenters. The Labute approximate surface area is 164 Å². The Hall–Kier alpha value is -2.69. The normalized spacial score (nSPS) is 30.9. The summed E-state index contributed by atoms with van der Waals surface area (Å²) in [6.07, 6.45) is 5.65. The number of hydrogen-bond donors (Lipinski definition) is 1. The molecule has 0 bridgehead atoms. The van der Waals surface area contributed by atoms with Gasteiger partial charge in [-0.15, -0.1) is 0 Å². The summed E-state index contributed by atoms with van der Waals surface area (Å²) in [5.74, 6) is 1.29. The molecule has 5 heteroatoms. The molecule has 2 aliphatic carbocycles. The number of carbonyl (C=O) groups is 2. The number of aryl methyl sites for hydroxylation is 1. The molecule has 1 spiro atoms. The zero-order valence-corrected chi connectivity index (χ0v) is 16.1. The number of nitrogens with zero attached hydrogens (tertiary/aromatic N) is 1. The van der Waals surface area contributed by atoms with Crippen LogP contribution in [0.15, 0.2) is 42.7 Å². The molecule has 0 saturated heterocycles. The molecular formula is C23H24N2O3. The van der Waals surface area contributed by atoms with E-state index in [9.17, 15) is 9.59 Å². The van der Waals surface area contributed by atoms with Crippen LogP contribution in [-0.4, -0.2) is 22.3 Å². The smallest absolute Gasteiger partial charge is 0.224 e. The van der Waals surface area contributed by atoms with Crippen molar-refractivity contribution in [3.8, 4) is 5.75 Å². The van der Waals surface area contributed by atoms with E-state index in [1.807, 2.05) is 44.2 Å². The summed E-state index contributed by atoms with van der Waals surface area (Å²) >= 11 is 0. The number of ether oxygens (including phenoxy) is 1. The molecule has 28 heavy (non-hydrogen) atoms. The van der Waals surface area contributed by atoms with Gasteiger partial charge in [0.15, 0.2) is 5.78 Å². The summed E-state index contributed by atoms with van der Waals surface area (Å²) in [6, 6.07) is 9.56. The molecule has 3 aliphatic rings. The second-order valence-corrected chi connectivity index (χ2v) is 8.53. The van der Waals surface area contributed by atoms with Crippen LogP contribution >= 0.6 is 0 Å². The van der Waals surface area contributed by atoms with Crippen LogP contribution in [-0.2, 0) is 4.79 Å². The van der Waals surface area contributed by atoms with Gasteiger partial charge >= 0.3 is 0 Å². The van der Waals surface area contributed by atoms with Gasteiger partial charge in [0.1, 0.15) is 11.4 Å². The summed E-state index contributed by atoms with van der Waals surface area (Å²) in [7, 11) is 0. The van der Waals surface area contributed by atoms with Crippen LogP contribution in [0.3, 0.4) is 0 Å². The number of fused-ring (bicyclic) bond motifs is 3. The fraction of sp³-hybridized carbons (Fsp3) is 0.435. The van der Waals surface area contributed by atoms with Crippen molar-refractivity contribution < 1.29 is 14.3 Å². The number of benzene rings is 1. The van der Waals surface area contributed by atoms with Crippen molar-refractivity contribution in [2.24, 2.45) is 17.8 Å². The average Bonchev–Trinajstić information content (AvgIpc) is 3.34. The maximum absolute atomic E-state index is 12.9. The van der Waals surface area contributed by atoms with Gasteiger partial charge in [-0.05, 0) is 62.4 Å². The van der Waals surface area contributed by atoms with E-state index in [1.165, 1.54) is 0 Å². The number of amides is 1. The summed E-state index contributed by atoms with van der Waals surface area (Å²) in [5, 5.41) is 3.14. The highest BCUT2D eigenvalue weighted by Gasteiger charge is 2.70. The van der Waals surface area contributed by atoms with E-state index in [0.717, 1.165) is 24.0 Å². The van der Waals surface area contributed by atoms with Gasteiger partial charge in [0, 0.05) is 24.2 Å². The van der Waals surface area contributed by atoms with Crippen molar-refractivity contribution in [1.29, 1.82) is 0 Å². The van der Waals surface area contributed by atoms with Gasteiger partial charge in [-0.2, -0.15) is 0 Å². The maximum atomic E-state index is 12.9. The highest BCUT2D eigenvalue weighted by molar-refractivity contribution is 6.01. The molecule has 5 rings (SSSR count). The number of pyridine rings is 1. The van der Waals surface area contributed by atoms with Crippen LogP contribution < -0.4 is 10.1 Å². The number of hydrogen-bond acceptors (Lipinski definition) is 4. The summed E-state index contributed by atoms with van der Waals surface area (Å²) in [4.78, 5) is 29.8. The lowest BCUT2D eigenvalue weighted by Gasteiger charge is -2.37. The number of ketones is 1. The van der Waals surface area contributed by atoms with Crippen LogP contribution in [0.25, 0.3) is 0 Å².